The van der Waals surface area contributed by atoms with Gasteiger partial charge in [-0.2, -0.15) is 0 Å². The van der Waals surface area contributed by atoms with E-state index in [0.29, 0.717) is 18.2 Å². The number of hydrogen-bond acceptors (Lipinski definition) is 4. The quantitative estimate of drug-likeness (QED) is 0.889. The van der Waals surface area contributed by atoms with Crippen LogP contribution >= 0.6 is 11.8 Å². The topological polar surface area (TPSA) is 52.0 Å². The number of hydrogen-bond donors (Lipinski definition) is 1. The molecule has 2 rings (SSSR count). The minimum Gasteiger partial charge on any atom is -0.440 e. The van der Waals surface area contributed by atoms with E-state index in [1.54, 1.807) is 6.20 Å². The number of rotatable bonds is 4. The van der Waals surface area contributed by atoms with Crippen molar-refractivity contribution in [3.63, 3.8) is 0 Å². The Morgan fingerprint density at radius 2 is 2.25 bits per heavy atom. The van der Waals surface area contributed by atoms with Gasteiger partial charge in [-0.3, -0.25) is 0 Å². The van der Waals surface area contributed by atoms with Crippen molar-refractivity contribution < 1.29 is 8.81 Å². The van der Waals surface area contributed by atoms with E-state index in [0.717, 1.165) is 10.5 Å². The Balaban J connectivity index is 2.20. The average molecular weight is 238 g/mol. The van der Waals surface area contributed by atoms with Crippen LogP contribution in [0.4, 0.5) is 4.39 Å². The first-order valence-electron chi connectivity index (χ1n) is 4.85. The monoisotopic (exact) mass is 238 g/mol. The van der Waals surface area contributed by atoms with Crippen LogP contribution in [0.15, 0.2) is 45.2 Å². The van der Waals surface area contributed by atoms with Crippen LogP contribution in [-0.4, -0.2) is 11.5 Å². The minimum atomic E-state index is -0.264. The normalized spacial score (nSPS) is 10.6. The molecule has 0 bridgehead atoms. The predicted octanol–water partition coefficient (Wildman–Crippen LogP) is 2.47. The Bertz CT molecular complexity index is 459. The van der Waals surface area contributed by atoms with Crippen LogP contribution in [0.25, 0.3) is 0 Å². The van der Waals surface area contributed by atoms with Crippen LogP contribution in [-0.2, 0) is 6.42 Å². The van der Waals surface area contributed by atoms with Crippen LogP contribution in [0.1, 0.15) is 5.56 Å². The van der Waals surface area contributed by atoms with Gasteiger partial charge < -0.3 is 10.2 Å². The molecule has 2 aromatic rings. The molecule has 3 nitrogen and oxygen atoms in total. The average Bonchev–Trinajstić information content (AvgIpc) is 2.70. The Morgan fingerprint density at radius 3 is 2.94 bits per heavy atom. The molecule has 5 heteroatoms. The summed E-state index contributed by atoms with van der Waals surface area (Å²) >= 11 is 1.29. The van der Waals surface area contributed by atoms with Crippen LogP contribution in [0.2, 0.25) is 0 Å². The van der Waals surface area contributed by atoms with Crippen molar-refractivity contribution in [1.29, 1.82) is 0 Å². The molecule has 0 spiro atoms. The zero-order chi connectivity index (χ0) is 11.4. The Hall–Kier alpha value is -1.33. The van der Waals surface area contributed by atoms with Crippen LogP contribution in [0, 0.1) is 5.82 Å². The van der Waals surface area contributed by atoms with Crippen molar-refractivity contribution in [3.05, 3.63) is 42.0 Å². The highest BCUT2D eigenvalue weighted by atomic mass is 32.2. The highest BCUT2D eigenvalue weighted by Crippen LogP contribution is 2.27. The number of nitrogens with zero attached hydrogens (tertiary/aromatic N) is 1. The molecule has 0 saturated heterocycles. The van der Waals surface area contributed by atoms with Crippen molar-refractivity contribution in [2.45, 2.75) is 16.5 Å². The van der Waals surface area contributed by atoms with Gasteiger partial charge in [0.05, 0.1) is 6.20 Å². The van der Waals surface area contributed by atoms with Gasteiger partial charge in [-0.05, 0) is 48.5 Å². The summed E-state index contributed by atoms with van der Waals surface area (Å²) in [4.78, 5) is 4.74. The van der Waals surface area contributed by atoms with Gasteiger partial charge in [0.15, 0.2) is 0 Å². The number of nitrogens with two attached hydrogens (primary N) is 1. The van der Waals surface area contributed by atoms with E-state index in [9.17, 15) is 4.39 Å². The molecular formula is C11H11FN2OS. The molecular weight excluding hydrogens is 227 g/mol. The first kappa shape index (κ1) is 11.2. The predicted molar refractivity (Wildman–Crippen MR) is 59.8 cm³/mol. The lowest BCUT2D eigenvalue weighted by atomic mass is 10.1. The fourth-order valence-corrected chi connectivity index (χ4v) is 2.15. The molecule has 84 valence electrons. The van der Waals surface area contributed by atoms with Gasteiger partial charge in [0, 0.05) is 4.90 Å². The molecule has 2 N–H and O–H groups in total. The number of benzene rings is 1. The maximum Gasteiger partial charge on any atom is 0.260 e. The zero-order valence-corrected chi connectivity index (χ0v) is 9.34. The second kappa shape index (κ2) is 5.14. The zero-order valence-electron chi connectivity index (χ0n) is 8.52. The fraction of sp³-hybridized carbons (Fsp3) is 0.182. The lowest BCUT2D eigenvalue weighted by Gasteiger charge is -2.02. The van der Waals surface area contributed by atoms with Crippen molar-refractivity contribution in [2.24, 2.45) is 5.73 Å². The number of aromatic nitrogens is 1. The minimum absolute atomic E-state index is 0.264. The van der Waals surface area contributed by atoms with E-state index < -0.39 is 0 Å². The summed E-state index contributed by atoms with van der Waals surface area (Å²) in [7, 11) is 0. The van der Waals surface area contributed by atoms with Gasteiger partial charge in [-0.1, -0.05) is 0 Å². The van der Waals surface area contributed by atoms with Crippen molar-refractivity contribution >= 4 is 11.8 Å². The SMILES string of the molecule is NCCc1cc(F)cc(Sc2ncco2)c1. The molecule has 0 aliphatic heterocycles. The molecule has 0 amide bonds. The molecule has 0 saturated carbocycles. The first-order chi connectivity index (χ1) is 7.78. The third kappa shape index (κ3) is 2.84. The van der Waals surface area contributed by atoms with Crippen molar-refractivity contribution in [1.82, 2.24) is 4.98 Å². The lowest BCUT2D eigenvalue weighted by molar-refractivity contribution is 0.454. The lowest BCUT2D eigenvalue weighted by Crippen LogP contribution is -2.02. The highest BCUT2D eigenvalue weighted by molar-refractivity contribution is 7.99. The summed E-state index contributed by atoms with van der Waals surface area (Å²) in [5.41, 5.74) is 6.32. The standard InChI is InChI=1S/C11H11FN2OS/c12-9-5-8(1-2-13)6-10(7-9)16-11-14-3-4-15-11/h3-7H,1-2,13H2. The van der Waals surface area contributed by atoms with Gasteiger partial charge >= 0.3 is 0 Å². The van der Waals surface area contributed by atoms with E-state index in [4.69, 9.17) is 10.2 Å². The van der Waals surface area contributed by atoms with Gasteiger partial charge in [-0.25, -0.2) is 9.37 Å². The maximum atomic E-state index is 13.3. The number of halogens is 1. The van der Waals surface area contributed by atoms with Crippen LogP contribution in [0.3, 0.4) is 0 Å². The van der Waals surface area contributed by atoms with E-state index in [1.165, 1.54) is 30.2 Å². The van der Waals surface area contributed by atoms with Gasteiger partial charge in [0.2, 0.25) is 0 Å². The van der Waals surface area contributed by atoms with Crippen molar-refractivity contribution in [3.8, 4) is 0 Å². The summed E-state index contributed by atoms with van der Waals surface area (Å²) in [6, 6.07) is 4.84. The largest absolute Gasteiger partial charge is 0.440 e. The molecule has 1 aromatic carbocycles. The molecule has 0 unspecified atom stereocenters. The summed E-state index contributed by atoms with van der Waals surface area (Å²) < 4.78 is 18.4. The molecule has 16 heavy (non-hydrogen) atoms. The molecule has 0 fully saturated rings. The highest BCUT2D eigenvalue weighted by Gasteiger charge is 2.05. The number of oxazole rings is 1. The van der Waals surface area contributed by atoms with E-state index in [2.05, 4.69) is 4.98 Å². The summed E-state index contributed by atoms with van der Waals surface area (Å²) in [6.07, 6.45) is 3.71. The third-order valence-electron chi connectivity index (χ3n) is 1.98. The van der Waals surface area contributed by atoms with E-state index in [1.807, 2.05) is 6.07 Å². The van der Waals surface area contributed by atoms with Crippen LogP contribution < -0.4 is 5.73 Å². The van der Waals surface area contributed by atoms with Crippen LogP contribution in [0.5, 0.6) is 0 Å². The Labute approximate surface area is 96.9 Å². The second-order valence-electron chi connectivity index (χ2n) is 3.23. The summed E-state index contributed by atoms with van der Waals surface area (Å²) in [5, 5.41) is 0.504. The van der Waals surface area contributed by atoms with E-state index in [-0.39, 0.29) is 5.82 Å². The molecule has 1 heterocycles. The maximum absolute atomic E-state index is 13.3. The molecule has 0 atom stereocenters. The summed E-state index contributed by atoms with van der Waals surface area (Å²) in [6.45, 7) is 0.507. The summed E-state index contributed by atoms with van der Waals surface area (Å²) in [5.74, 6) is -0.264. The van der Waals surface area contributed by atoms with Gasteiger partial charge in [0.25, 0.3) is 5.22 Å². The van der Waals surface area contributed by atoms with Gasteiger partial charge in [-0.15, -0.1) is 0 Å². The van der Waals surface area contributed by atoms with Gasteiger partial charge in [0.1, 0.15) is 12.1 Å². The Kier molecular flexibility index (Phi) is 3.58. The fourth-order valence-electron chi connectivity index (χ4n) is 1.35. The molecule has 0 aliphatic rings. The van der Waals surface area contributed by atoms with E-state index >= 15 is 0 Å². The van der Waals surface area contributed by atoms with Crippen molar-refractivity contribution in [2.75, 3.05) is 6.54 Å². The molecule has 0 radical (unpaired) electrons. The molecule has 0 aliphatic carbocycles. The molecule has 1 aromatic heterocycles. The second-order valence-corrected chi connectivity index (χ2v) is 4.26. The third-order valence-corrected chi connectivity index (χ3v) is 2.83. The first-order valence-corrected chi connectivity index (χ1v) is 5.66. The Morgan fingerprint density at radius 1 is 1.38 bits per heavy atom. The smallest absolute Gasteiger partial charge is 0.260 e.